The molecular weight excluding hydrogens is 246 g/mol. The molecule has 0 bridgehead atoms. The Morgan fingerprint density at radius 2 is 2.11 bits per heavy atom. The van der Waals surface area contributed by atoms with Crippen LogP contribution < -0.4 is 10.6 Å². The Hall–Kier alpha value is -1.36. The molecule has 1 aliphatic carbocycles. The normalized spacial score (nSPS) is 17.3. The van der Waals surface area contributed by atoms with Crippen molar-refractivity contribution in [2.75, 3.05) is 19.3 Å². The molecule has 98 valence electrons. The van der Waals surface area contributed by atoms with Crippen LogP contribution in [-0.4, -0.2) is 35.6 Å². The maximum atomic E-state index is 12.0. The van der Waals surface area contributed by atoms with Crippen molar-refractivity contribution >= 4 is 16.8 Å². The molecule has 0 spiro atoms. The van der Waals surface area contributed by atoms with Crippen molar-refractivity contribution in [2.24, 2.45) is 4.99 Å². The molecular formula is C13H19N3OS. The molecule has 0 aliphatic heterocycles. The fourth-order valence-corrected chi connectivity index (χ4v) is 2.55. The summed E-state index contributed by atoms with van der Waals surface area (Å²) in [6.45, 7) is 0.661. The topological polar surface area (TPSA) is 53.5 Å². The number of aliphatic imine (C=N–C) groups is 1. The standard InChI is InChI=1S/C13H19N3OS/c1-14-13(16-11-7-8-11)15-9-10-18(17)12-5-3-2-4-6-12/h2-6,11H,7-10H2,1H3,(H2,14,15,16). The number of rotatable bonds is 5. The van der Waals surface area contributed by atoms with Crippen LogP contribution in [0.4, 0.5) is 0 Å². The minimum atomic E-state index is -0.944. The van der Waals surface area contributed by atoms with Crippen molar-refractivity contribution in [3.05, 3.63) is 30.3 Å². The first kappa shape index (κ1) is 13.1. The lowest BCUT2D eigenvalue weighted by Gasteiger charge is -2.10. The second kappa shape index (κ2) is 6.54. The van der Waals surface area contributed by atoms with Gasteiger partial charge >= 0.3 is 0 Å². The minimum absolute atomic E-state index is 0.579. The van der Waals surface area contributed by atoms with Crippen LogP contribution in [0.1, 0.15) is 12.8 Å². The van der Waals surface area contributed by atoms with Crippen LogP contribution in [-0.2, 0) is 10.8 Å². The van der Waals surface area contributed by atoms with Gasteiger partial charge in [-0.1, -0.05) is 18.2 Å². The SMILES string of the molecule is CN=C(NCCS(=O)c1ccccc1)NC1CC1. The largest absolute Gasteiger partial charge is 0.355 e. The molecule has 2 rings (SSSR count). The molecule has 1 saturated carbocycles. The molecule has 1 fully saturated rings. The summed E-state index contributed by atoms with van der Waals surface area (Å²) in [4.78, 5) is 5.01. The summed E-state index contributed by atoms with van der Waals surface area (Å²) in [6.07, 6.45) is 2.44. The Bertz CT molecular complexity index is 429. The highest BCUT2D eigenvalue weighted by atomic mass is 32.2. The molecule has 1 aromatic rings. The van der Waals surface area contributed by atoms with Crippen LogP contribution in [0.5, 0.6) is 0 Å². The predicted molar refractivity (Wildman–Crippen MR) is 75.2 cm³/mol. The predicted octanol–water partition coefficient (Wildman–Crippen LogP) is 1.12. The fourth-order valence-electron chi connectivity index (χ4n) is 1.57. The van der Waals surface area contributed by atoms with E-state index in [1.807, 2.05) is 30.3 Å². The Morgan fingerprint density at radius 3 is 2.72 bits per heavy atom. The third-order valence-electron chi connectivity index (χ3n) is 2.73. The Balaban J connectivity index is 1.72. The average Bonchev–Trinajstić information content (AvgIpc) is 3.22. The molecule has 0 amide bonds. The molecule has 1 aliphatic rings. The molecule has 0 radical (unpaired) electrons. The van der Waals surface area contributed by atoms with E-state index in [-0.39, 0.29) is 0 Å². The van der Waals surface area contributed by atoms with Gasteiger partial charge in [0.15, 0.2) is 5.96 Å². The lowest BCUT2D eigenvalue weighted by Crippen LogP contribution is -2.40. The van der Waals surface area contributed by atoms with Gasteiger partial charge in [0, 0.05) is 30.3 Å². The quantitative estimate of drug-likeness (QED) is 0.620. The first-order chi connectivity index (χ1) is 8.79. The van der Waals surface area contributed by atoms with Crippen LogP contribution in [0, 0.1) is 0 Å². The van der Waals surface area contributed by atoms with Gasteiger partial charge in [0.1, 0.15) is 0 Å². The molecule has 2 N–H and O–H groups in total. The molecule has 0 aromatic heterocycles. The maximum Gasteiger partial charge on any atom is 0.191 e. The third kappa shape index (κ3) is 4.14. The van der Waals surface area contributed by atoms with Gasteiger partial charge in [0.05, 0.1) is 10.8 Å². The highest BCUT2D eigenvalue weighted by Gasteiger charge is 2.21. The fraction of sp³-hybridized carbons (Fsp3) is 0.462. The smallest absolute Gasteiger partial charge is 0.191 e. The Morgan fingerprint density at radius 1 is 1.39 bits per heavy atom. The summed E-state index contributed by atoms with van der Waals surface area (Å²) < 4.78 is 12.0. The molecule has 0 heterocycles. The number of benzene rings is 1. The average molecular weight is 265 g/mol. The highest BCUT2D eigenvalue weighted by molar-refractivity contribution is 7.85. The monoisotopic (exact) mass is 265 g/mol. The highest BCUT2D eigenvalue weighted by Crippen LogP contribution is 2.18. The molecule has 1 aromatic carbocycles. The van der Waals surface area contributed by atoms with E-state index in [0.717, 1.165) is 10.9 Å². The number of hydrogen-bond donors (Lipinski definition) is 2. The maximum absolute atomic E-state index is 12.0. The molecule has 0 saturated heterocycles. The van der Waals surface area contributed by atoms with E-state index in [1.165, 1.54) is 12.8 Å². The van der Waals surface area contributed by atoms with Gasteiger partial charge in [-0.25, -0.2) is 0 Å². The van der Waals surface area contributed by atoms with Gasteiger partial charge < -0.3 is 10.6 Å². The molecule has 1 atom stereocenters. The summed E-state index contributed by atoms with van der Waals surface area (Å²) in [6, 6.07) is 10.1. The molecule has 4 nitrogen and oxygen atoms in total. The van der Waals surface area contributed by atoms with Crippen molar-refractivity contribution in [3.8, 4) is 0 Å². The Kier molecular flexibility index (Phi) is 4.75. The van der Waals surface area contributed by atoms with Gasteiger partial charge in [-0.3, -0.25) is 9.20 Å². The first-order valence-electron chi connectivity index (χ1n) is 6.20. The molecule has 1 unspecified atom stereocenters. The van der Waals surface area contributed by atoms with Crippen LogP contribution in [0.25, 0.3) is 0 Å². The second-order valence-corrected chi connectivity index (χ2v) is 5.85. The minimum Gasteiger partial charge on any atom is -0.355 e. The summed E-state index contributed by atoms with van der Waals surface area (Å²) in [5, 5.41) is 6.48. The van der Waals surface area contributed by atoms with Crippen molar-refractivity contribution in [1.82, 2.24) is 10.6 Å². The molecule has 5 heteroatoms. The van der Waals surface area contributed by atoms with E-state index in [2.05, 4.69) is 15.6 Å². The Labute approximate surface area is 110 Å². The van der Waals surface area contributed by atoms with E-state index >= 15 is 0 Å². The summed E-state index contributed by atoms with van der Waals surface area (Å²) in [5.41, 5.74) is 0. The van der Waals surface area contributed by atoms with Crippen molar-refractivity contribution < 1.29 is 4.21 Å². The van der Waals surface area contributed by atoms with E-state index in [9.17, 15) is 4.21 Å². The van der Waals surface area contributed by atoms with Crippen LogP contribution in [0.2, 0.25) is 0 Å². The third-order valence-corrected chi connectivity index (χ3v) is 4.10. The van der Waals surface area contributed by atoms with Crippen molar-refractivity contribution in [1.29, 1.82) is 0 Å². The number of nitrogens with one attached hydrogen (secondary N) is 2. The van der Waals surface area contributed by atoms with Crippen molar-refractivity contribution in [3.63, 3.8) is 0 Å². The summed E-state index contributed by atoms with van der Waals surface area (Å²) in [5.74, 6) is 1.40. The van der Waals surface area contributed by atoms with Crippen molar-refractivity contribution in [2.45, 2.75) is 23.8 Å². The van der Waals surface area contributed by atoms with Gasteiger partial charge in [0.25, 0.3) is 0 Å². The number of guanidine groups is 1. The van der Waals surface area contributed by atoms with E-state index in [4.69, 9.17) is 0 Å². The summed E-state index contributed by atoms with van der Waals surface area (Å²) >= 11 is 0. The van der Waals surface area contributed by atoms with Crippen LogP contribution in [0.3, 0.4) is 0 Å². The van der Waals surface area contributed by atoms with Gasteiger partial charge in [-0.15, -0.1) is 0 Å². The lowest BCUT2D eigenvalue weighted by molar-refractivity contribution is 0.681. The van der Waals surface area contributed by atoms with E-state index < -0.39 is 10.8 Å². The lowest BCUT2D eigenvalue weighted by atomic mass is 10.4. The number of hydrogen-bond acceptors (Lipinski definition) is 2. The molecule has 18 heavy (non-hydrogen) atoms. The van der Waals surface area contributed by atoms with Crippen LogP contribution >= 0.6 is 0 Å². The first-order valence-corrected chi connectivity index (χ1v) is 7.52. The number of nitrogens with zero attached hydrogens (tertiary/aromatic N) is 1. The summed E-state index contributed by atoms with van der Waals surface area (Å²) in [7, 11) is 0.812. The zero-order chi connectivity index (χ0) is 12.8. The van der Waals surface area contributed by atoms with Gasteiger partial charge in [-0.05, 0) is 25.0 Å². The van der Waals surface area contributed by atoms with E-state index in [0.29, 0.717) is 18.3 Å². The van der Waals surface area contributed by atoms with Gasteiger partial charge in [0.2, 0.25) is 0 Å². The zero-order valence-corrected chi connectivity index (χ0v) is 11.4. The second-order valence-electron chi connectivity index (χ2n) is 4.28. The van der Waals surface area contributed by atoms with Gasteiger partial charge in [-0.2, -0.15) is 0 Å². The zero-order valence-electron chi connectivity index (χ0n) is 10.6. The van der Waals surface area contributed by atoms with E-state index in [1.54, 1.807) is 7.05 Å². The van der Waals surface area contributed by atoms with Crippen LogP contribution in [0.15, 0.2) is 40.2 Å².